The molecule has 1 heterocycles. The lowest BCUT2D eigenvalue weighted by Crippen LogP contribution is -2.53. The van der Waals surface area contributed by atoms with Crippen molar-refractivity contribution in [3.05, 3.63) is 65.2 Å². The molecule has 0 bridgehead atoms. The fourth-order valence-electron chi connectivity index (χ4n) is 3.67. The zero-order valence-electron chi connectivity index (χ0n) is 15.1. The predicted octanol–water partition coefficient (Wildman–Crippen LogP) is 4.98. The summed E-state index contributed by atoms with van der Waals surface area (Å²) in [6, 6.07) is 16.8. The minimum absolute atomic E-state index is 0.245. The molecule has 2 aromatic carbocycles. The Hall–Kier alpha value is -1.24. The Morgan fingerprint density at radius 3 is 2.26 bits per heavy atom. The van der Waals surface area contributed by atoms with E-state index in [1.165, 1.54) is 6.42 Å². The zero-order valence-corrected chi connectivity index (χ0v) is 16.6. The SMILES string of the molecule is O=S(CC1(c2ccccc2)COC2(CCCCC2)OO1)c1ccc(Cl)cc1. The molecule has 0 aromatic heterocycles. The van der Waals surface area contributed by atoms with Crippen molar-refractivity contribution < 1.29 is 18.7 Å². The molecule has 1 spiro atoms. The Kier molecular flexibility index (Phi) is 5.67. The molecule has 6 heteroatoms. The smallest absolute Gasteiger partial charge is 0.201 e. The van der Waals surface area contributed by atoms with Crippen LogP contribution in [-0.4, -0.2) is 22.4 Å². The fourth-order valence-corrected chi connectivity index (χ4v) is 5.13. The van der Waals surface area contributed by atoms with Crippen molar-refractivity contribution in [3.63, 3.8) is 0 Å². The Morgan fingerprint density at radius 2 is 1.63 bits per heavy atom. The summed E-state index contributed by atoms with van der Waals surface area (Å²) < 4.78 is 19.3. The van der Waals surface area contributed by atoms with Gasteiger partial charge in [0.2, 0.25) is 5.79 Å². The van der Waals surface area contributed by atoms with Gasteiger partial charge in [0.05, 0.1) is 23.2 Å². The standard InChI is InChI=1S/C21H23ClO4S/c22-18-9-11-19(12-10-18)27(23)16-20(17-7-3-1-4-8-17)15-24-21(26-25-20)13-5-2-6-14-21/h1,3-4,7-12H,2,5-6,13-16H2. The molecule has 2 atom stereocenters. The normalized spacial score (nSPS) is 26.0. The summed E-state index contributed by atoms with van der Waals surface area (Å²) in [5.74, 6) is -0.410. The highest BCUT2D eigenvalue weighted by Gasteiger charge is 2.49. The molecule has 2 aliphatic rings. The lowest BCUT2D eigenvalue weighted by atomic mass is 9.92. The Bertz CT molecular complexity index is 778. The van der Waals surface area contributed by atoms with Gasteiger partial charge in [-0.25, -0.2) is 9.78 Å². The third-order valence-electron chi connectivity index (χ3n) is 5.28. The molecule has 1 saturated heterocycles. The van der Waals surface area contributed by atoms with Gasteiger partial charge in [0.15, 0.2) is 5.60 Å². The van der Waals surface area contributed by atoms with Crippen LogP contribution in [0.5, 0.6) is 0 Å². The molecule has 0 amide bonds. The van der Waals surface area contributed by atoms with E-state index in [0.29, 0.717) is 16.5 Å². The highest BCUT2D eigenvalue weighted by atomic mass is 35.5. The molecule has 0 N–H and O–H groups in total. The molecule has 4 nitrogen and oxygen atoms in total. The van der Waals surface area contributed by atoms with Crippen molar-refractivity contribution in [1.82, 2.24) is 0 Å². The van der Waals surface area contributed by atoms with Crippen LogP contribution in [0, 0.1) is 0 Å². The van der Waals surface area contributed by atoms with Crippen molar-refractivity contribution in [2.24, 2.45) is 0 Å². The highest BCUT2D eigenvalue weighted by molar-refractivity contribution is 7.85. The van der Waals surface area contributed by atoms with Crippen molar-refractivity contribution in [1.29, 1.82) is 0 Å². The van der Waals surface area contributed by atoms with Gasteiger partial charge in [-0.15, -0.1) is 0 Å². The lowest BCUT2D eigenvalue weighted by Gasteiger charge is -2.46. The van der Waals surface area contributed by atoms with Gasteiger partial charge >= 0.3 is 0 Å². The van der Waals surface area contributed by atoms with Crippen LogP contribution in [0.3, 0.4) is 0 Å². The first-order chi connectivity index (χ1) is 13.1. The largest absolute Gasteiger partial charge is 0.344 e. The van der Waals surface area contributed by atoms with E-state index in [1.54, 1.807) is 24.3 Å². The van der Waals surface area contributed by atoms with Crippen molar-refractivity contribution in [2.45, 2.75) is 48.4 Å². The number of rotatable bonds is 4. The second kappa shape index (κ2) is 8.02. The molecule has 2 fully saturated rings. The Balaban J connectivity index is 1.58. The van der Waals surface area contributed by atoms with Crippen LogP contribution >= 0.6 is 11.6 Å². The van der Waals surface area contributed by atoms with E-state index in [9.17, 15) is 4.21 Å². The summed E-state index contributed by atoms with van der Waals surface area (Å²) in [4.78, 5) is 12.6. The van der Waals surface area contributed by atoms with Gasteiger partial charge in [0, 0.05) is 22.8 Å². The van der Waals surface area contributed by atoms with Gasteiger partial charge in [0.25, 0.3) is 0 Å². The summed E-state index contributed by atoms with van der Waals surface area (Å²) in [7, 11) is -1.29. The molecule has 2 unspecified atom stereocenters. The van der Waals surface area contributed by atoms with Crippen LogP contribution in [0.15, 0.2) is 59.5 Å². The van der Waals surface area contributed by atoms with Crippen LogP contribution in [0.25, 0.3) is 0 Å². The number of hydrogen-bond acceptors (Lipinski definition) is 4. The number of halogens is 1. The average Bonchev–Trinajstić information content (AvgIpc) is 2.72. The third kappa shape index (κ3) is 4.13. The van der Waals surface area contributed by atoms with Crippen molar-refractivity contribution >= 4 is 22.4 Å². The summed E-state index contributed by atoms with van der Waals surface area (Å²) in [6.45, 7) is 0.316. The van der Waals surface area contributed by atoms with E-state index in [4.69, 9.17) is 26.1 Å². The van der Waals surface area contributed by atoms with Crippen LogP contribution in [0.4, 0.5) is 0 Å². The first-order valence-electron chi connectivity index (χ1n) is 9.31. The summed E-state index contributed by atoms with van der Waals surface area (Å²) in [5.41, 5.74) is -0.00738. The Morgan fingerprint density at radius 1 is 0.926 bits per heavy atom. The summed E-state index contributed by atoms with van der Waals surface area (Å²) in [6.07, 6.45) is 4.99. The van der Waals surface area contributed by atoms with E-state index >= 15 is 0 Å². The second-order valence-electron chi connectivity index (χ2n) is 7.23. The van der Waals surface area contributed by atoms with Crippen molar-refractivity contribution in [3.8, 4) is 0 Å². The first kappa shape index (κ1) is 19.1. The van der Waals surface area contributed by atoms with E-state index < -0.39 is 22.2 Å². The van der Waals surface area contributed by atoms with Crippen LogP contribution < -0.4 is 0 Å². The van der Waals surface area contributed by atoms with Crippen LogP contribution in [-0.2, 0) is 30.9 Å². The van der Waals surface area contributed by atoms with Gasteiger partial charge in [-0.05, 0) is 42.7 Å². The fraction of sp³-hybridized carbons (Fsp3) is 0.429. The van der Waals surface area contributed by atoms with E-state index in [1.807, 2.05) is 30.3 Å². The number of benzene rings is 2. The van der Waals surface area contributed by atoms with Crippen molar-refractivity contribution in [2.75, 3.05) is 12.4 Å². The van der Waals surface area contributed by atoms with Gasteiger partial charge in [-0.3, -0.25) is 4.21 Å². The second-order valence-corrected chi connectivity index (χ2v) is 9.12. The van der Waals surface area contributed by atoms with Crippen LogP contribution in [0.1, 0.15) is 37.7 Å². The highest BCUT2D eigenvalue weighted by Crippen LogP contribution is 2.42. The quantitative estimate of drug-likeness (QED) is 0.671. The molecule has 1 saturated carbocycles. The van der Waals surface area contributed by atoms with E-state index in [2.05, 4.69) is 0 Å². The molecule has 0 radical (unpaired) electrons. The topological polar surface area (TPSA) is 44.8 Å². The van der Waals surface area contributed by atoms with E-state index in [0.717, 1.165) is 31.2 Å². The third-order valence-corrected chi connectivity index (χ3v) is 7.06. The molecule has 2 aromatic rings. The maximum absolute atomic E-state index is 13.0. The molecule has 144 valence electrons. The minimum atomic E-state index is -1.29. The lowest BCUT2D eigenvalue weighted by molar-refractivity contribution is -0.517. The molecular formula is C21H23ClO4S. The van der Waals surface area contributed by atoms with Gasteiger partial charge in [0.1, 0.15) is 0 Å². The van der Waals surface area contributed by atoms with Gasteiger partial charge in [-0.2, -0.15) is 0 Å². The van der Waals surface area contributed by atoms with E-state index in [-0.39, 0.29) is 5.75 Å². The molecule has 1 aliphatic carbocycles. The summed E-state index contributed by atoms with van der Waals surface area (Å²) >= 11 is 5.95. The molecule has 27 heavy (non-hydrogen) atoms. The van der Waals surface area contributed by atoms with Gasteiger partial charge < -0.3 is 4.74 Å². The summed E-state index contributed by atoms with van der Waals surface area (Å²) in [5, 5.41) is 0.619. The number of ether oxygens (including phenoxy) is 1. The maximum atomic E-state index is 13.0. The predicted molar refractivity (Wildman–Crippen MR) is 105 cm³/mol. The molecule has 1 aliphatic heterocycles. The zero-order chi connectivity index (χ0) is 18.7. The first-order valence-corrected chi connectivity index (χ1v) is 11.0. The van der Waals surface area contributed by atoms with Gasteiger partial charge in [-0.1, -0.05) is 48.4 Å². The average molecular weight is 407 g/mol. The van der Waals surface area contributed by atoms with Crippen LogP contribution in [0.2, 0.25) is 5.02 Å². The molecular weight excluding hydrogens is 384 g/mol. The number of hydrogen-bond donors (Lipinski definition) is 0. The monoisotopic (exact) mass is 406 g/mol. The maximum Gasteiger partial charge on any atom is 0.201 e. The minimum Gasteiger partial charge on any atom is -0.344 e. The molecule has 4 rings (SSSR count). The Labute approximate surface area is 167 Å².